The number of sulfone groups is 1. The van der Waals surface area contributed by atoms with E-state index in [1.807, 2.05) is 0 Å². The van der Waals surface area contributed by atoms with E-state index in [9.17, 15) is 8.42 Å². The second-order valence-corrected chi connectivity index (χ2v) is 8.91. The Balaban J connectivity index is 2.78. The third-order valence-electron chi connectivity index (χ3n) is 3.63. The van der Waals surface area contributed by atoms with E-state index in [-0.39, 0.29) is 17.5 Å². The van der Waals surface area contributed by atoms with Gasteiger partial charge in [-0.15, -0.1) is 0 Å². The zero-order chi connectivity index (χ0) is 15.9. The normalized spacial score (nSPS) is 13.3. The summed E-state index contributed by atoms with van der Waals surface area (Å²) in [6.07, 6.45) is 2.65. The quantitative estimate of drug-likeness (QED) is 0.614. The zero-order valence-corrected chi connectivity index (χ0v) is 16.1. The van der Waals surface area contributed by atoms with Crippen molar-refractivity contribution < 1.29 is 8.42 Å². The van der Waals surface area contributed by atoms with E-state index in [1.54, 1.807) is 6.92 Å². The van der Waals surface area contributed by atoms with Crippen molar-refractivity contribution in [3.05, 3.63) is 32.9 Å². The van der Waals surface area contributed by atoms with Gasteiger partial charge in [0.2, 0.25) is 0 Å². The first-order chi connectivity index (χ1) is 9.91. The molecule has 0 fully saturated rings. The van der Waals surface area contributed by atoms with Gasteiger partial charge in [0.05, 0.1) is 5.75 Å². The zero-order valence-electron chi connectivity index (χ0n) is 13.2. The summed E-state index contributed by atoms with van der Waals surface area (Å²) < 4.78 is 24.5. The summed E-state index contributed by atoms with van der Waals surface area (Å²) in [5, 5.41) is 3.56. The van der Waals surface area contributed by atoms with Gasteiger partial charge in [0.1, 0.15) is 9.84 Å². The van der Waals surface area contributed by atoms with Crippen molar-refractivity contribution in [3.8, 4) is 0 Å². The maximum atomic E-state index is 11.6. The first-order valence-corrected chi connectivity index (χ1v) is 10.5. The topological polar surface area (TPSA) is 46.2 Å². The molecule has 1 N–H and O–H groups in total. The first-order valence-electron chi connectivity index (χ1n) is 7.60. The van der Waals surface area contributed by atoms with Gasteiger partial charge in [-0.3, -0.25) is 0 Å². The standard InChI is InChI=1S/C16H26INO2S/c1-4-11-18-15(10-7-12-21(19,20)5-2)14-9-6-8-13(3)16(14)17/h6,8-9,15,18H,4-5,7,10-12H2,1-3H3. The van der Waals surface area contributed by atoms with Crippen molar-refractivity contribution >= 4 is 32.4 Å². The molecule has 0 aromatic heterocycles. The van der Waals surface area contributed by atoms with Crippen molar-refractivity contribution in [2.45, 2.75) is 46.1 Å². The predicted molar refractivity (Wildman–Crippen MR) is 98.5 cm³/mol. The maximum absolute atomic E-state index is 11.6. The molecular formula is C16H26INO2S. The fourth-order valence-electron chi connectivity index (χ4n) is 2.28. The van der Waals surface area contributed by atoms with Gasteiger partial charge in [-0.1, -0.05) is 32.0 Å². The molecule has 0 bridgehead atoms. The molecule has 120 valence electrons. The molecule has 0 heterocycles. The lowest BCUT2D eigenvalue weighted by Gasteiger charge is -2.21. The van der Waals surface area contributed by atoms with E-state index < -0.39 is 9.84 Å². The number of benzene rings is 1. The van der Waals surface area contributed by atoms with E-state index in [0.29, 0.717) is 6.42 Å². The Hall–Kier alpha value is -0.140. The van der Waals surface area contributed by atoms with E-state index >= 15 is 0 Å². The van der Waals surface area contributed by atoms with Gasteiger partial charge in [0.25, 0.3) is 0 Å². The number of nitrogens with one attached hydrogen (secondary N) is 1. The van der Waals surface area contributed by atoms with Crippen LogP contribution in [0.5, 0.6) is 0 Å². The predicted octanol–water partition coefficient (Wildman–Crippen LogP) is 3.86. The molecule has 21 heavy (non-hydrogen) atoms. The van der Waals surface area contributed by atoms with Crippen LogP contribution in [0.4, 0.5) is 0 Å². The summed E-state index contributed by atoms with van der Waals surface area (Å²) in [4.78, 5) is 0. The fraction of sp³-hybridized carbons (Fsp3) is 0.625. The molecular weight excluding hydrogens is 397 g/mol. The van der Waals surface area contributed by atoms with Crippen molar-refractivity contribution in [2.75, 3.05) is 18.1 Å². The van der Waals surface area contributed by atoms with E-state index in [2.05, 4.69) is 60.0 Å². The van der Waals surface area contributed by atoms with Crippen LogP contribution in [0.2, 0.25) is 0 Å². The first kappa shape index (κ1) is 18.9. The smallest absolute Gasteiger partial charge is 0.150 e. The average molecular weight is 423 g/mol. The number of rotatable bonds is 9. The third-order valence-corrected chi connectivity index (χ3v) is 6.89. The average Bonchev–Trinajstić information content (AvgIpc) is 2.46. The molecule has 0 saturated heterocycles. The van der Waals surface area contributed by atoms with E-state index in [0.717, 1.165) is 19.4 Å². The second-order valence-electron chi connectivity index (χ2n) is 5.36. The van der Waals surface area contributed by atoms with Crippen LogP contribution in [0.3, 0.4) is 0 Å². The van der Waals surface area contributed by atoms with Gasteiger partial charge in [-0.2, -0.15) is 0 Å². The molecule has 1 atom stereocenters. The van der Waals surface area contributed by atoms with Crippen LogP contribution >= 0.6 is 22.6 Å². The molecule has 0 amide bonds. The molecule has 0 aliphatic rings. The molecule has 1 unspecified atom stereocenters. The maximum Gasteiger partial charge on any atom is 0.150 e. The van der Waals surface area contributed by atoms with Crippen molar-refractivity contribution in [1.29, 1.82) is 0 Å². The van der Waals surface area contributed by atoms with Crippen LogP contribution in [-0.2, 0) is 9.84 Å². The van der Waals surface area contributed by atoms with Gasteiger partial charge in [-0.25, -0.2) is 8.42 Å². The lowest BCUT2D eigenvalue weighted by atomic mass is 10.0. The van der Waals surface area contributed by atoms with Gasteiger partial charge >= 0.3 is 0 Å². The molecule has 1 aromatic rings. The third kappa shape index (κ3) is 6.24. The highest BCUT2D eigenvalue weighted by molar-refractivity contribution is 14.1. The summed E-state index contributed by atoms with van der Waals surface area (Å²) in [5.41, 5.74) is 2.57. The lowest BCUT2D eigenvalue weighted by Crippen LogP contribution is -2.24. The molecule has 1 rings (SSSR count). The molecule has 0 saturated carbocycles. The molecule has 0 radical (unpaired) electrons. The second kappa shape index (κ2) is 9.10. The molecule has 0 spiro atoms. The van der Waals surface area contributed by atoms with E-state index in [1.165, 1.54) is 14.7 Å². The van der Waals surface area contributed by atoms with Gasteiger partial charge < -0.3 is 5.32 Å². The summed E-state index contributed by atoms with van der Waals surface area (Å²) in [6.45, 7) is 6.93. The summed E-state index contributed by atoms with van der Waals surface area (Å²) in [7, 11) is -2.87. The largest absolute Gasteiger partial charge is 0.310 e. The highest BCUT2D eigenvalue weighted by atomic mass is 127. The molecule has 1 aromatic carbocycles. The van der Waals surface area contributed by atoms with Crippen LogP contribution in [0.1, 0.15) is 50.3 Å². The fourth-order valence-corrected chi connectivity index (χ4v) is 3.91. The molecule has 3 nitrogen and oxygen atoms in total. The Labute approximate surface area is 143 Å². The number of halogens is 1. The Bertz CT molecular complexity index is 543. The van der Waals surface area contributed by atoms with Gasteiger partial charge in [0.15, 0.2) is 0 Å². The Morgan fingerprint density at radius 1 is 1.29 bits per heavy atom. The monoisotopic (exact) mass is 423 g/mol. The van der Waals surface area contributed by atoms with E-state index in [4.69, 9.17) is 0 Å². The number of hydrogen-bond acceptors (Lipinski definition) is 3. The highest BCUT2D eigenvalue weighted by Gasteiger charge is 2.16. The Morgan fingerprint density at radius 2 is 2.00 bits per heavy atom. The van der Waals surface area contributed by atoms with Gasteiger partial charge in [-0.05, 0) is 66.4 Å². The molecule has 0 aliphatic heterocycles. The number of aryl methyl sites for hydroxylation is 1. The van der Waals surface area contributed by atoms with Crippen LogP contribution in [0, 0.1) is 10.5 Å². The minimum atomic E-state index is -2.87. The van der Waals surface area contributed by atoms with Crippen LogP contribution in [0.15, 0.2) is 18.2 Å². The summed E-state index contributed by atoms with van der Waals surface area (Å²) in [5.74, 6) is 0.526. The van der Waals surface area contributed by atoms with Crippen molar-refractivity contribution in [3.63, 3.8) is 0 Å². The highest BCUT2D eigenvalue weighted by Crippen LogP contribution is 2.26. The Morgan fingerprint density at radius 3 is 2.62 bits per heavy atom. The molecule has 5 heteroatoms. The van der Waals surface area contributed by atoms with Crippen LogP contribution in [0.25, 0.3) is 0 Å². The van der Waals surface area contributed by atoms with Crippen LogP contribution in [-0.4, -0.2) is 26.5 Å². The van der Waals surface area contributed by atoms with Crippen molar-refractivity contribution in [1.82, 2.24) is 5.32 Å². The SMILES string of the molecule is CCCNC(CCCS(=O)(=O)CC)c1cccc(C)c1I. The number of hydrogen-bond donors (Lipinski definition) is 1. The Kier molecular flexibility index (Phi) is 8.19. The van der Waals surface area contributed by atoms with Crippen LogP contribution < -0.4 is 5.32 Å². The summed E-state index contributed by atoms with van der Waals surface area (Å²) >= 11 is 2.39. The lowest BCUT2D eigenvalue weighted by molar-refractivity contribution is 0.490. The van der Waals surface area contributed by atoms with Crippen molar-refractivity contribution in [2.24, 2.45) is 0 Å². The summed E-state index contributed by atoms with van der Waals surface area (Å²) in [6, 6.07) is 6.58. The molecule has 0 aliphatic carbocycles. The van der Waals surface area contributed by atoms with Gasteiger partial charge in [0, 0.05) is 15.4 Å². The minimum Gasteiger partial charge on any atom is -0.310 e. The minimum absolute atomic E-state index is 0.238.